The number of aromatic nitrogens is 1. The maximum Gasteiger partial charge on any atom is 0.337 e. The molecule has 0 spiro atoms. The number of carbonyl (C=O) groups is 2. The van der Waals surface area contributed by atoms with Crippen molar-refractivity contribution >= 4 is 44.2 Å². The van der Waals surface area contributed by atoms with Crippen LogP contribution in [0.4, 0.5) is 10.8 Å². The van der Waals surface area contributed by atoms with Gasteiger partial charge >= 0.3 is 5.97 Å². The zero-order valence-corrected chi connectivity index (χ0v) is 14.7. The van der Waals surface area contributed by atoms with Crippen molar-refractivity contribution in [3.8, 4) is 0 Å². The normalized spacial score (nSPS) is 10.5. The third-order valence-corrected chi connectivity index (χ3v) is 4.73. The van der Waals surface area contributed by atoms with Gasteiger partial charge in [0.1, 0.15) is 0 Å². The summed E-state index contributed by atoms with van der Waals surface area (Å²) in [6.45, 7) is 0.179. The van der Waals surface area contributed by atoms with Gasteiger partial charge in [-0.05, 0) is 36.4 Å². The van der Waals surface area contributed by atoms with Gasteiger partial charge in [-0.1, -0.05) is 23.5 Å². The predicted molar refractivity (Wildman–Crippen MR) is 99.3 cm³/mol. The highest BCUT2D eigenvalue weighted by molar-refractivity contribution is 7.22. The molecular weight excluding hydrogens is 338 g/mol. The maximum absolute atomic E-state index is 12.2. The molecule has 3 aromatic rings. The molecule has 1 heterocycles. The Balaban J connectivity index is 1.62. The van der Waals surface area contributed by atoms with E-state index in [-0.39, 0.29) is 12.5 Å². The van der Waals surface area contributed by atoms with E-state index in [9.17, 15) is 9.59 Å². The molecule has 1 amide bonds. The number of benzene rings is 2. The van der Waals surface area contributed by atoms with E-state index in [1.807, 2.05) is 36.2 Å². The minimum absolute atomic E-state index is 0.160. The molecule has 2 aromatic carbocycles. The van der Waals surface area contributed by atoms with Gasteiger partial charge in [0.25, 0.3) is 0 Å². The average Bonchev–Trinajstić information content (AvgIpc) is 3.06. The molecule has 0 unspecified atom stereocenters. The molecule has 0 fully saturated rings. The summed E-state index contributed by atoms with van der Waals surface area (Å²) in [5.74, 6) is -0.569. The summed E-state index contributed by atoms with van der Waals surface area (Å²) in [6.07, 6.45) is 0. The van der Waals surface area contributed by atoms with Crippen LogP contribution in [0.3, 0.4) is 0 Å². The van der Waals surface area contributed by atoms with Crippen LogP contribution in [0.15, 0.2) is 48.5 Å². The summed E-state index contributed by atoms with van der Waals surface area (Å²) in [5.41, 5.74) is 1.98. The minimum atomic E-state index is -0.409. The summed E-state index contributed by atoms with van der Waals surface area (Å²) in [6, 6.07) is 14.4. The summed E-state index contributed by atoms with van der Waals surface area (Å²) < 4.78 is 5.73. The molecule has 25 heavy (non-hydrogen) atoms. The van der Waals surface area contributed by atoms with Crippen molar-refractivity contribution in [1.29, 1.82) is 0 Å². The number of methoxy groups -OCH3 is 1. The molecule has 3 rings (SSSR count). The van der Waals surface area contributed by atoms with Crippen molar-refractivity contribution < 1.29 is 14.3 Å². The van der Waals surface area contributed by atoms with Gasteiger partial charge in [0.2, 0.25) is 5.91 Å². The van der Waals surface area contributed by atoms with Crippen LogP contribution >= 0.6 is 11.3 Å². The summed E-state index contributed by atoms with van der Waals surface area (Å²) in [4.78, 5) is 30.0. The highest BCUT2D eigenvalue weighted by Gasteiger charge is 2.12. The first-order chi connectivity index (χ1) is 12.1. The molecule has 0 aliphatic rings. The number of esters is 1. The van der Waals surface area contributed by atoms with Gasteiger partial charge in [-0.2, -0.15) is 0 Å². The monoisotopic (exact) mass is 355 g/mol. The van der Waals surface area contributed by atoms with Crippen molar-refractivity contribution in [2.24, 2.45) is 0 Å². The molecule has 1 N–H and O–H groups in total. The molecule has 0 saturated carbocycles. The van der Waals surface area contributed by atoms with Crippen LogP contribution in [0.5, 0.6) is 0 Å². The minimum Gasteiger partial charge on any atom is -0.465 e. The van der Waals surface area contributed by atoms with Crippen molar-refractivity contribution in [3.63, 3.8) is 0 Å². The average molecular weight is 355 g/mol. The maximum atomic E-state index is 12.2. The van der Waals surface area contributed by atoms with Crippen molar-refractivity contribution in [2.75, 3.05) is 30.9 Å². The number of fused-ring (bicyclic) bond motifs is 1. The van der Waals surface area contributed by atoms with Crippen LogP contribution in [0.25, 0.3) is 10.2 Å². The van der Waals surface area contributed by atoms with Gasteiger partial charge in [-0.15, -0.1) is 0 Å². The Bertz CT molecular complexity index is 872. The number of nitrogens with zero attached hydrogens (tertiary/aromatic N) is 2. The van der Waals surface area contributed by atoms with Crippen molar-refractivity contribution in [3.05, 3.63) is 54.1 Å². The largest absolute Gasteiger partial charge is 0.465 e. The van der Waals surface area contributed by atoms with E-state index in [0.29, 0.717) is 11.3 Å². The number of carbonyl (C=O) groups excluding carboxylic acids is 2. The van der Waals surface area contributed by atoms with Gasteiger partial charge in [-0.3, -0.25) is 4.79 Å². The zero-order chi connectivity index (χ0) is 17.8. The van der Waals surface area contributed by atoms with Gasteiger partial charge in [-0.25, -0.2) is 9.78 Å². The first-order valence-electron chi connectivity index (χ1n) is 7.62. The first kappa shape index (κ1) is 16.9. The number of nitrogens with one attached hydrogen (secondary N) is 1. The van der Waals surface area contributed by atoms with Gasteiger partial charge in [0.05, 0.1) is 29.4 Å². The van der Waals surface area contributed by atoms with Gasteiger partial charge < -0.3 is 15.0 Å². The summed E-state index contributed by atoms with van der Waals surface area (Å²) in [5, 5.41) is 3.59. The lowest BCUT2D eigenvalue weighted by molar-refractivity contribution is -0.114. The Labute approximate surface area is 149 Å². The number of hydrogen-bond acceptors (Lipinski definition) is 6. The van der Waals surface area contributed by atoms with Crippen LogP contribution in [0, 0.1) is 0 Å². The van der Waals surface area contributed by atoms with Crippen LogP contribution in [0.2, 0.25) is 0 Å². The lowest BCUT2D eigenvalue weighted by Gasteiger charge is -2.15. The van der Waals surface area contributed by atoms with E-state index in [1.165, 1.54) is 7.11 Å². The Kier molecular flexibility index (Phi) is 4.95. The molecule has 7 heteroatoms. The predicted octanol–water partition coefficient (Wildman–Crippen LogP) is 3.16. The zero-order valence-electron chi connectivity index (χ0n) is 13.9. The molecule has 0 radical (unpaired) electrons. The molecule has 128 valence electrons. The van der Waals surface area contributed by atoms with Crippen LogP contribution < -0.4 is 10.2 Å². The number of rotatable bonds is 5. The number of likely N-dealkylation sites (N-methyl/N-ethyl adjacent to an activating group) is 1. The van der Waals surface area contributed by atoms with E-state index in [0.717, 1.165) is 15.3 Å². The summed E-state index contributed by atoms with van der Waals surface area (Å²) in [7, 11) is 3.16. The molecular formula is C18H17N3O3S. The molecule has 0 saturated heterocycles. The number of anilines is 2. The Morgan fingerprint density at radius 2 is 1.88 bits per heavy atom. The highest BCUT2D eigenvalue weighted by Crippen LogP contribution is 2.27. The molecule has 0 aliphatic carbocycles. The molecule has 0 aliphatic heterocycles. The van der Waals surface area contributed by atoms with E-state index in [1.54, 1.807) is 35.6 Å². The topological polar surface area (TPSA) is 71.5 Å². The third kappa shape index (κ3) is 3.95. The number of thiazole rings is 1. The third-order valence-electron chi connectivity index (χ3n) is 3.58. The van der Waals surface area contributed by atoms with Crippen molar-refractivity contribution in [1.82, 2.24) is 4.98 Å². The second-order valence-corrected chi connectivity index (χ2v) is 6.45. The fraction of sp³-hybridized carbons (Fsp3) is 0.167. The molecule has 0 bridgehead atoms. The highest BCUT2D eigenvalue weighted by atomic mass is 32.1. The second-order valence-electron chi connectivity index (χ2n) is 5.44. The Morgan fingerprint density at radius 1 is 1.16 bits per heavy atom. The summed E-state index contributed by atoms with van der Waals surface area (Å²) >= 11 is 1.54. The van der Waals surface area contributed by atoms with Crippen molar-refractivity contribution in [2.45, 2.75) is 0 Å². The van der Waals surface area contributed by atoms with Crippen LogP contribution in [-0.4, -0.2) is 37.6 Å². The van der Waals surface area contributed by atoms with Crippen LogP contribution in [0.1, 0.15) is 10.4 Å². The SMILES string of the molecule is COC(=O)c1ccc(NC(=O)CN(C)c2nc3ccccc3s2)cc1. The van der Waals surface area contributed by atoms with Crippen LogP contribution in [-0.2, 0) is 9.53 Å². The van der Waals surface area contributed by atoms with Gasteiger partial charge in [0, 0.05) is 12.7 Å². The quantitative estimate of drug-likeness (QED) is 0.712. The van der Waals surface area contributed by atoms with E-state index in [2.05, 4.69) is 15.0 Å². The Morgan fingerprint density at radius 3 is 2.56 bits per heavy atom. The lowest BCUT2D eigenvalue weighted by Crippen LogP contribution is -2.29. The standard InChI is InChI=1S/C18H17N3O3S/c1-21(18-20-14-5-3-4-6-15(14)25-18)11-16(22)19-13-9-7-12(8-10-13)17(23)24-2/h3-10H,11H2,1-2H3,(H,19,22). The number of amides is 1. The lowest BCUT2D eigenvalue weighted by atomic mass is 10.2. The molecule has 0 atom stereocenters. The second kappa shape index (κ2) is 7.31. The van der Waals surface area contributed by atoms with E-state index in [4.69, 9.17) is 0 Å². The van der Waals surface area contributed by atoms with E-state index < -0.39 is 5.97 Å². The molecule has 6 nitrogen and oxygen atoms in total. The molecule has 1 aromatic heterocycles. The number of hydrogen-bond donors (Lipinski definition) is 1. The van der Waals surface area contributed by atoms with Gasteiger partial charge in [0.15, 0.2) is 5.13 Å². The first-order valence-corrected chi connectivity index (χ1v) is 8.43. The van der Waals surface area contributed by atoms with E-state index >= 15 is 0 Å². The smallest absolute Gasteiger partial charge is 0.337 e. The number of para-hydroxylation sites is 1. The fourth-order valence-electron chi connectivity index (χ4n) is 2.31. The fourth-order valence-corrected chi connectivity index (χ4v) is 3.24. The Hall–Kier alpha value is -2.93. The number of ether oxygens (including phenoxy) is 1.